The second-order valence-electron chi connectivity index (χ2n) is 10.1. The standard InChI is InChI=1S/C26H30F2N4O3/c1-14(16-9-8-10-17(11-16)26(27,28)25(5,6)34)29-22-18-12-20-21(13-19(18)30-15(2)31-22)35-24(3,4)23(33)32(20)7/h8-14,34H,1-7H3,(H,29,30,31)/t14-/m1/s1. The van der Waals surface area contributed by atoms with Crippen molar-refractivity contribution in [1.29, 1.82) is 0 Å². The van der Waals surface area contributed by atoms with Crippen LogP contribution in [0.5, 0.6) is 5.75 Å². The van der Waals surface area contributed by atoms with Gasteiger partial charge in [0.1, 0.15) is 23.0 Å². The molecule has 2 heterocycles. The SMILES string of the molecule is Cc1nc(N[C@H](C)c2cccc(C(F)(F)C(C)(C)O)c2)c2cc3c(cc2n1)OC(C)(C)C(=O)N3C. The summed E-state index contributed by atoms with van der Waals surface area (Å²) >= 11 is 0. The smallest absolute Gasteiger partial charge is 0.300 e. The number of alkyl halides is 2. The second-order valence-corrected chi connectivity index (χ2v) is 10.1. The normalized spacial score (nSPS) is 16.6. The summed E-state index contributed by atoms with van der Waals surface area (Å²) in [5.74, 6) is -2.03. The number of aliphatic hydroxyl groups is 1. The molecular formula is C26H30F2N4O3. The quantitative estimate of drug-likeness (QED) is 0.524. The lowest BCUT2D eigenvalue weighted by Crippen LogP contribution is -2.50. The molecule has 2 aromatic carbocycles. The van der Waals surface area contributed by atoms with Crippen molar-refractivity contribution in [3.8, 4) is 5.75 Å². The molecule has 1 amide bonds. The molecule has 9 heteroatoms. The minimum atomic E-state index is -3.43. The first-order chi connectivity index (χ1) is 16.1. The number of aromatic nitrogens is 2. The summed E-state index contributed by atoms with van der Waals surface area (Å²) in [6.07, 6.45) is 0. The van der Waals surface area contributed by atoms with Crippen LogP contribution in [0.4, 0.5) is 20.3 Å². The van der Waals surface area contributed by atoms with Crippen molar-refractivity contribution in [3.63, 3.8) is 0 Å². The zero-order valence-corrected chi connectivity index (χ0v) is 20.9. The van der Waals surface area contributed by atoms with Gasteiger partial charge >= 0.3 is 5.92 Å². The van der Waals surface area contributed by atoms with Crippen molar-refractivity contribution in [3.05, 3.63) is 53.3 Å². The van der Waals surface area contributed by atoms with Gasteiger partial charge < -0.3 is 20.1 Å². The Morgan fingerprint density at radius 1 is 1.17 bits per heavy atom. The van der Waals surface area contributed by atoms with Crippen LogP contribution < -0.4 is 15.0 Å². The molecule has 0 unspecified atom stereocenters. The Morgan fingerprint density at radius 2 is 1.86 bits per heavy atom. The van der Waals surface area contributed by atoms with E-state index in [1.165, 1.54) is 12.1 Å². The van der Waals surface area contributed by atoms with Crippen molar-refractivity contribution in [2.24, 2.45) is 0 Å². The van der Waals surface area contributed by atoms with Gasteiger partial charge in [0, 0.05) is 30.1 Å². The van der Waals surface area contributed by atoms with E-state index in [0.29, 0.717) is 39.5 Å². The largest absolute Gasteiger partial charge is 0.476 e. The van der Waals surface area contributed by atoms with Crippen LogP contribution in [-0.4, -0.2) is 39.2 Å². The summed E-state index contributed by atoms with van der Waals surface area (Å²) < 4.78 is 35.4. The van der Waals surface area contributed by atoms with Gasteiger partial charge in [0.2, 0.25) is 0 Å². The van der Waals surface area contributed by atoms with Gasteiger partial charge in [-0.05, 0) is 59.2 Å². The number of ether oxygens (including phenoxy) is 1. The highest BCUT2D eigenvalue weighted by Crippen LogP contribution is 2.42. The molecule has 4 rings (SSSR count). The third-order valence-corrected chi connectivity index (χ3v) is 6.31. The highest BCUT2D eigenvalue weighted by atomic mass is 19.3. The molecule has 186 valence electrons. The van der Waals surface area contributed by atoms with Gasteiger partial charge in [0.15, 0.2) is 5.60 Å². The van der Waals surface area contributed by atoms with E-state index >= 15 is 0 Å². The molecule has 0 fully saturated rings. The van der Waals surface area contributed by atoms with Crippen molar-refractivity contribution in [2.75, 3.05) is 17.3 Å². The fourth-order valence-corrected chi connectivity index (χ4v) is 4.19. The summed E-state index contributed by atoms with van der Waals surface area (Å²) in [6, 6.07) is 9.16. The van der Waals surface area contributed by atoms with Gasteiger partial charge in [-0.3, -0.25) is 4.79 Å². The maximum absolute atomic E-state index is 14.7. The molecular weight excluding hydrogens is 454 g/mol. The first-order valence-corrected chi connectivity index (χ1v) is 11.4. The van der Waals surface area contributed by atoms with Gasteiger partial charge in [-0.2, -0.15) is 8.78 Å². The lowest BCUT2D eigenvalue weighted by atomic mass is 9.91. The maximum atomic E-state index is 14.7. The van der Waals surface area contributed by atoms with Crippen LogP contribution in [0.1, 0.15) is 57.6 Å². The van der Waals surface area contributed by atoms with Crippen molar-refractivity contribution in [1.82, 2.24) is 9.97 Å². The number of hydrogen-bond donors (Lipinski definition) is 2. The Kier molecular flexibility index (Phi) is 5.75. The predicted octanol–water partition coefficient (Wildman–Crippen LogP) is 5.11. The van der Waals surface area contributed by atoms with Crippen LogP contribution in [0, 0.1) is 6.92 Å². The van der Waals surface area contributed by atoms with Crippen LogP contribution in [0.15, 0.2) is 36.4 Å². The molecule has 0 radical (unpaired) electrons. The van der Waals surface area contributed by atoms with E-state index in [2.05, 4.69) is 15.3 Å². The van der Waals surface area contributed by atoms with Crippen molar-refractivity contribution < 1.29 is 23.4 Å². The number of anilines is 2. The van der Waals surface area contributed by atoms with Gasteiger partial charge in [0.05, 0.1) is 11.2 Å². The fraction of sp³-hybridized carbons (Fsp3) is 0.423. The molecule has 1 aliphatic rings. The van der Waals surface area contributed by atoms with Crippen molar-refractivity contribution in [2.45, 2.75) is 64.7 Å². The minimum absolute atomic E-state index is 0.176. The molecule has 35 heavy (non-hydrogen) atoms. The highest BCUT2D eigenvalue weighted by Gasteiger charge is 2.47. The zero-order chi connectivity index (χ0) is 25.9. The van der Waals surface area contributed by atoms with Gasteiger partial charge in [0.25, 0.3) is 5.91 Å². The molecule has 0 saturated heterocycles. The molecule has 0 bridgehead atoms. The Balaban J connectivity index is 1.74. The number of halogens is 2. The van der Waals surface area contributed by atoms with Crippen LogP contribution in [0.3, 0.4) is 0 Å². The number of carbonyl (C=O) groups excluding carboxylic acids is 1. The maximum Gasteiger partial charge on any atom is 0.300 e. The minimum Gasteiger partial charge on any atom is -0.476 e. The Hall–Kier alpha value is -3.33. The predicted molar refractivity (Wildman–Crippen MR) is 131 cm³/mol. The monoisotopic (exact) mass is 484 g/mol. The van der Waals surface area contributed by atoms with E-state index in [1.807, 2.05) is 6.92 Å². The number of hydrogen-bond acceptors (Lipinski definition) is 6. The van der Waals surface area contributed by atoms with Gasteiger partial charge in [-0.25, -0.2) is 9.97 Å². The van der Waals surface area contributed by atoms with E-state index in [4.69, 9.17) is 4.74 Å². The average Bonchev–Trinajstić information content (AvgIpc) is 2.75. The van der Waals surface area contributed by atoms with E-state index in [0.717, 1.165) is 13.8 Å². The molecule has 7 nitrogen and oxygen atoms in total. The molecule has 1 aliphatic heterocycles. The fourth-order valence-electron chi connectivity index (χ4n) is 4.19. The first-order valence-electron chi connectivity index (χ1n) is 11.4. The number of fused-ring (bicyclic) bond motifs is 2. The van der Waals surface area contributed by atoms with Crippen LogP contribution >= 0.6 is 0 Å². The average molecular weight is 485 g/mol. The number of likely N-dealkylation sites (N-methyl/N-ethyl adjacent to an activating group) is 1. The molecule has 2 N–H and O–H groups in total. The van der Waals surface area contributed by atoms with Crippen molar-refractivity contribution >= 4 is 28.3 Å². The number of nitrogens with one attached hydrogen (secondary N) is 1. The topological polar surface area (TPSA) is 87.6 Å². The third kappa shape index (κ3) is 4.29. The summed E-state index contributed by atoms with van der Waals surface area (Å²) in [5.41, 5.74) is -1.64. The van der Waals surface area contributed by atoms with Crippen LogP contribution in [-0.2, 0) is 10.7 Å². The number of benzene rings is 2. The third-order valence-electron chi connectivity index (χ3n) is 6.31. The lowest BCUT2D eigenvalue weighted by Gasteiger charge is -2.37. The van der Waals surface area contributed by atoms with Crippen LogP contribution in [0.2, 0.25) is 0 Å². The summed E-state index contributed by atoms with van der Waals surface area (Å²) in [6.45, 7) is 9.21. The number of rotatable bonds is 5. The van der Waals surface area contributed by atoms with E-state index < -0.39 is 23.2 Å². The van der Waals surface area contributed by atoms with E-state index in [-0.39, 0.29) is 11.5 Å². The number of amides is 1. The summed E-state index contributed by atoms with van der Waals surface area (Å²) in [5, 5.41) is 13.9. The Labute approximate surface area is 203 Å². The molecule has 3 aromatic rings. The van der Waals surface area contributed by atoms with Crippen LogP contribution in [0.25, 0.3) is 10.9 Å². The second kappa shape index (κ2) is 8.12. The number of nitrogens with zero attached hydrogens (tertiary/aromatic N) is 3. The first kappa shape index (κ1) is 24.8. The number of carbonyl (C=O) groups is 1. The van der Waals surface area contributed by atoms with E-state index in [9.17, 15) is 18.7 Å². The number of aryl methyl sites for hydroxylation is 1. The van der Waals surface area contributed by atoms with Gasteiger partial charge in [-0.1, -0.05) is 18.2 Å². The Morgan fingerprint density at radius 3 is 2.51 bits per heavy atom. The molecule has 0 saturated carbocycles. The molecule has 1 atom stereocenters. The van der Waals surface area contributed by atoms with Gasteiger partial charge in [-0.15, -0.1) is 0 Å². The Bertz CT molecular complexity index is 1320. The summed E-state index contributed by atoms with van der Waals surface area (Å²) in [7, 11) is 1.69. The zero-order valence-electron chi connectivity index (χ0n) is 20.9. The molecule has 0 spiro atoms. The molecule has 1 aromatic heterocycles. The lowest BCUT2D eigenvalue weighted by molar-refractivity contribution is -0.168. The summed E-state index contributed by atoms with van der Waals surface area (Å²) in [4.78, 5) is 23.3. The van der Waals surface area contributed by atoms with E-state index in [1.54, 1.807) is 57.0 Å². The molecule has 0 aliphatic carbocycles. The highest BCUT2D eigenvalue weighted by molar-refractivity contribution is 6.05.